The normalized spacial score (nSPS) is 16.9. The van der Waals surface area contributed by atoms with E-state index in [4.69, 9.17) is 0 Å². The number of piperidine rings is 1. The number of carbonyl (C=O) groups is 1. The molecule has 1 aliphatic rings. The molecule has 20 heavy (non-hydrogen) atoms. The molecule has 1 N–H and O–H groups in total. The van der Waals surface area contributed by atoms with Crippen LogP contribution in [0.4, 0.5) is 5.13 Å². The van der Waals surface area contributed by atoms with Crippen LogP contribution in [0.15, 0.2) is 0 Å². The van der Waals surface area contributed by atoms with Crippen molar-refractivity contribution in [3.8, 4) is 0 Å². The molecule has 0 radical (unpaired) electrons. The van der Waals surface area contributed by atoms with E-state index in [1.165, 1.54) is 11.3 Å². The summed E-state index contributed by atoms with van der Waals surface area (Å²) in [6, 6.07) is 0. The van der Waals surface area contributed by atoms with Crippen LogP contribution in [0.3, 0.4) is 0 Å². The first-order chi connectivity index (χ1) is 9.51. The van der Waals surface area contributed by atoms with E-state index in [-0.39, 0.29) is 0 Å². The van der Waals surface area contributed by atoms with Crippen LogP contribution in [0.1, 0.15) is 35.1 Å². The molecule has 0 amide bonds. The highest BCUT2D eigenvalue weighted by Gasteiger charge is 2.24. The van der Waals surface area contributed by atoms with Gasteiger partial charge in [-0.15, -0.1) is 0 Å². The Morgan fingerprint density at radius 3 is 2.55 bits per heavy atom. The Balaban J connectivity index is 2.02. The largest absolute Gasteiger partial charge is 0.477 e. The number of thiazole rings is 1. The van der Waals surface area contributed by atoms with E-state index < -0.39 is 5.97 Å². The number of aromatic nitrogens is 1. The lowest BCUT2D eigenvalue weighted by molar-refractivity contribution is 0.0701. The molecule has 0 spiro atoms. The van der Waals surface area contributed by atoms with Gasteiger partial charge in [0.1, 0.15) is 4.88 Å². The van der Waals surface area contributed by atoms with Gasteiger partial charge in [0.15, 0.2) is 5.13 Å². The molecular formula is C14H23N3O2S. The Morgan fingerprint density at radius 2 is 2.10 bits per heavy atom. The van der Waals surface area contributed by atoms with Crippen LogP contribution in [0.25, 0.3) is 0 Å². The van der Waals surface area contributed by atoms with E-state index in [1.807, 2.05) is 6.92 Å². The van der Waals surface area contributed by atoms with Crippen molar-refractivity contribution in [2.75, 3.05) is 38.6 Å². The average molecular weight is 297 g/mol. The Hall–Kier alpha value is -1.14. The molecule has 0 aliphatic carbocycles. The van der Waals surface area contributed by atoms with Crippen LogP contribution in [-0.2, 0) is 6.42 Å². The summed E-state index contributed by atoms with van der Waals surface area (Å²) in [5.41, 5.74) is 0.716. The fourth-order valence-corrected chi connectivity index (χ4v) is 3.75. The second-order valence-corrected chi connectivity index (χ2v) is 6.60. The average Bonchev–Trinajstić information content (AvgIpc) is 2.83. The summed E-state index contributed by atoms with van der Waals surface area (Å²) in [5, 5.41) is 10.1. The predicted octanol–water partition coefficient (Wildman–Crippen LogP) is 2.18. The van der Waals surface area contributed by atoms with Gasteiger partial charge in [0.2, 0.25) is 0 Å². The first-order valence-electron chi connectivity index (χ1n) is 7.14. The van der Waals surface area contributed by atoms with Crippen molar-refractivity contribution < 1.29 is 9.90 Å². The molecule has 0 saturated carbocycles. The fourth-order valence-electron chi connectivity index (χ4n) is 2.70. The molecular weight excluding hydrogens is 274 g/mol. The van der Waals surface area contributed by atoms with E-state index in [9.17, 15) is 9.90 Å². The number of rotatable bonds is 5. The predicted molar refractivity (Wildman–Crippen MR) is 81.9 cm³/mol. The van der Waals surface area contributed by atoms with E-state index in [0.717, 1.165) is 43.5 Å². The minimum Gasteiger partial charge on any atom is -0.477 e. The van der Waals surface area contributed by atoms with Crippen LogP contribution in [-0.4, -0.2) is 54.7 Å². The third-order valence-electron chi connectivity index (χ3n) is 3.72. The number of carboxylic acid groups (broad SMARTS) is 1. The minimum atomic E-state index is -0.854. The maximum Gasteiger partial charge on any atom is 0.347 e. The molecule has 6 heteroatoms. The lowest BCUT2D eigenvalue weighted by Crippen LogP contribution is -2.37. The van der Waals surface area contributed by atoms with Crippen molar-refractivity contribution in [1.29, 1.82) is 0 Å². The Morgan fingerprint density at radius 1 is 1.45 bits per heavy atom. The van der Waals surface area contributed by atoms with Crippen LogP contribution < -0.4 is 4.90 Å². The van der Waals surface area contributed by atoms with Gasteiger partial charge in [0.05, 0.1) is 5.69 Å². The van der Waals surface area contributed by atoms with Crippen LogP contribution >= 0.6 is 11.3 Å². The lowest BCUT2D eigenvalue weighted by Gasteiger charge is -2.32. The van der Waals surface area contributed by atoms with Gasteiger partial charge >= 0.3 is 5.97 Å². The molecule has 1 aromatic rings. The van der Waals surface area contributed by atoms with Gasteiger partial charge in [0.25, 0.3) is 0 Å². The second-order valence-electron chi connectivity index (χ2n) is 5.62. The van der Waals surface area contributed by atoms with Crippen LogP contribution in [0, 0.1) is 5.92 Å². The molecule has 0 unspecified atom stereocenters. The van der Waals surface area contributed by atoms with Crippen molar-refractivity contribution >= 4 is 22.4 Å². The summed E-state index contributed by atoms with van der Waals surface area (Å²) < 4.78 is 0. The Labute approximate surface area is 124 Å². The highest BCUT2D eigenvalue weighted by Crippen LogP contribution is 2.30. The standard InChI is InChI=1S/C14H23N3O2S/c1-4-11-12(13(18)19)20-14(15-11)17-7-5-10(6-8-17)9-16(2)3/h10H,4-9H2,1-3H3,(H,18,19). The molecule has 1 aromatic heterocycles. The summed E-state index contributed by atoms with van der Waals surface area (Å²) in [5.74, 6) is -0.112. The van der Waals surface area contributed by atoms with Crippen molar-refractivity contribution in [2.45, 2.75) is 26.2 Å². The van der Waals surface area contributed by atoms with E-state index in [0.29, 0.717) is 17.0 Å². The molecule has 0 aromatic carbocycles. The van der Waals surface area contributed by atoms with Crippen molar-refractivity contribution in [1.82, 2.24) is 9.88 Å². The van der Waals surface area contributed by atoms with Gasteiger partial charge in [-0.25, -0.2) is 9.78 Å². The SMILES string of the molecule is CCc1nc(N2CCC(CN(C)C)CC2)sc1C(=O)O. The van der Waals surface area contributed by atoms with Crippen molar-refractivity contribution in [3.05, 3.63) is 10.6 Å². The third kappa shape index (κ3) is 3.49. The highest BCUT2D eigenvalue weighted by atomic mass is 32.1. The zero-order chi connectivity index (χ0) is 14.7. The zero-order valence-corrected chi connectivity index (χ0v) is 13.2. The van der Waals surface area contributed by atoms with E-state index in [2.05, 4.69) is 28.9 Å². The monoisotopic (exact) mass is 297 g/mol. The molecule has 1 aliphatic heterocycles. The summed E-state index contributed by atoms with van der Waals surface area (Å²) in [6.07, 6.45) is 2.98. The number of hydrogen-bond acceptors (Lipinski definition) is 5. The molecule has 2 heterocycles. The van der Waals surface area contributed by atoms with Gasteiger partial charge in [-0.05, 0) is 39.3 Å². The van der Waals surface area contributed by atoms with Gasteiger partial charge in [0, 0.05) is 19.6 Å². The molecule has 1 saturated heterocycles. The second kappa shape index (κ2) is 6.54. The van der Waals surface area contributed by atoms with Crippen molar-refractivity contribution in [2.24, 2.45) is 5.92 Å². The summed E-state index contributed by atoms with van der Waals surface area (Å²) in [6.45, 7) is 5.04. The molecule has 112 valence electrons. The van der Waals surface area contributed by atoms with Gasteiger partial charge in [-0.3, -0.25) is 0 Å². The van der Waals surface area contributed by atoms with Crippen molar-refractivity contribution in [3.63, 3.8) is 0 Å². The third-order valence-corrected chi connectivity index (χ3v) is 4.87. The topological polar surface area (TPSA) is 56.7 Å². The zero-order valence-electron chi connectivity index (χ0n) is 12.4. The molecule has 2 rings (SSSR count). The smallest absolute Gasteiger partial charge is 0.347 e. The molecule has 0 bridgehead atoms. The summed E-state index contributed by atoms with van der Waals surface area (Å²) in [7, 11) is 4.22. The maximum atomic E-state index is 11.2. The minimum absolute atomic E-state index is 0.401. The first-order valence-corrected chi connectivity index (χ1v) is 7.95. The number of aryl methyl sites for hydroxylation is 1. The molecule has 5 nitrogen and oxygen atoms in total. The highest BCUT2D eigenvalue weighted by molar-refractivity contribution is 7.17. The number of aromatic carboxylic acids is 1. The lowest BCUT2D eigenvalue weighted by atomic mass is 9.97. The van der Waals surface area contributed by atoms with Gasteiger partial charge < -0.3 is 14.9 Å². The fraction of sp³-hybridized carbons (Fsp3) is 0.714. The maximum absolute atomic E-state index is 11.2. The van der Waals surface area contributed by atoms with Gasteiger partial charge in [-0.1, -0.05) is 18.3 Å². The van der Waals surface area contributed by atoms with Crippen LogP contribution in [0.2, 0.25) is 0 Å². The number of hydrogen-bond donors (Lipinski definition) is 1. The number of carboxylic acids is 1. The quantitative estimate of drug-likeness (QED) is 0.903. The molecule has 0 atom stereocenters. The number of nitrogens with zero attached hydrogens (tertiary/aromatic N) is 3. The van der Waals surface area contributed by atoms with Gasteiger partial charge in [-0.2, -0.15) is 0 Å². The number of anilines is 1. The summed E-state index contributed by atoms with van der Waals surface area (Å²) in [4.78, 5) is 20.6. The van der Waals surface area contributed by atoms with Crippen LogP contribution in [0.5, 0.6) is 0 Å². The Kier molecular flexibility index (Phi) is 4.99. The van der Waals surface area contributed by atoms with E-state index >= 15 is 0 Å². The molecule has 1 fully saturated rings. The summed E-state index contributed by atoms with van der Waals surface area (Å²) >= 11 is 1.32. The van der Waals surface area contributed by atoms with E-state index in [1.54, 1.807) is 0 Å². The first kappa shape index (κ1) is 15.3. The Bertz CT molecular complexity index is 465.